The summed E-state index contributed by atoms with van der Waals surface area (Å²) in [5, 5.41) is 1.09. The smallest absolute Gasteiger partial charge is 0.161 e. The van der Waals surface area contributed by atoms with Crippen LogP contribution >= 0.6 is 0 Å². The normalized spacial score (nSPS) is 10.9. The van der Waals surface area contributed by atoms with Gasteiger partial charge in [0.2, 0.25) is 0 Å². The van der Waals surface area contributed by atoms with E-state index in [1.807, 2.05) is 68.4 Å². The van der Waals surface area contributed by atoms with Crippen LogP contribution in [0.4, 0.5) is 0 Å². The predicted molar refractivity (Wildman–Crippen MR) is 104 cm³/mol. The van der Waals surface area contributed by atoms with Crippen LogP contribution in [-0.4, -0.2) is 24.3 Å². The second kappa shape index (κ2) is 9.09. The molecule has 0 unspecified atom stereocenters. The molecule has 1 aromatic heterocycles. The average molecular weight is 351 g/mol. The van der Waals surface area contributed by atoms with Crippen LogP contribution in [0.25, 0.3) is 10.9 Å². The van der Waals surface area contributed by atoms with Crippen molar-refractivity contribution in [1.29, 1.82) is 0 Å². The lowest BCUT2D eigenvalue weighted by atomic mass is 10.2. The zero-order valence-electron chi connectivity index (χ0n) is 15.4. The number of ether oxygens (including phenoxy) is 3. The molecule has 26 heavy (non-hydrogen) atoms. The molecule has 0 spiro atoms. The van der Waals surface area contributed by atoms with Gasteiger partial charge in [0, 0.05) is 11.6 Å². The number of unbranched alkanes of at least 4 members (excludes halogenated alkanes) is 1. The molecule has 2 aromatic carbocycles. The number of fused-ring (bicyclic) bond motifs is 1. The number of aromatic nitrogens is 1. The lowest BCUT2D eigenvalue weighted by molar-refractivity contribution is 0.216. The Labute approximate surface area is 154 Å². The van der Waals surface area contributed by atoms with Crippen LogP contribution in [0.1, 0.15) is 26.7 Å². The molecule has 4 heteroatoms. The maximum atomic E-state index is 5.91. The summed E-state index contributed by atoms with van der Waals surface area (Å²) in [5.41, 5.74) is 0.908. The summed E-state index contributed by atoms with van der Waals surface area (Å²) in [6.45, 7) is 5.30. The molecule has 0 aliphatic rings. The Hall–Kier alpha value is -2.75. The first-order valence-corrected chi connectivity index (χ1v) is 9.09. The van der Waals surface area contributed by atoms with Crippen molar-refractivity contribution in [2.24, 2.45) is 0 Å². The molecule has 0 N–H and O–H groups in total. The second-order valence-corrected chi connectivity index (χ2v) is 6.35. The van der Waals surface area contributed by atoms with E-state index in [4.69, 9.17) is 14.2 Å². The van der Waals surface area contributed by atoms with E-state index >= 15 is 0 Å². The third-order valence-corrected chi connectivity index (χ3v) is 3.86. The predicted octanol–water partition coefficient (Wildman–Crippen LogP) is 5.26. The monoisotopic (exact) mass is 351 g/mol. The fourth-order valence-corrected chi connectivity index (χ4v) is 2.68. The van der Waals surface area contributed by atoms with E-state index in [1.54, 1.807) is 6.20 Å². The Morgan fingerprint density at radius 2 is 1.42 bits per heavy atom. The molecule has 3 rings (SSSR count). The summed E-state index contributed by atoms with van der Waals surface area (Å²) < 4.78 is 17.5. The van der Waals surface area contributed by atoms with Crippen molar-refractivity contribution in [1.82, 2.24) is 4.98 Å². The van der Waals surface area contributed by atoms with Crippen molar-refractivity contribution in [3.8, 4) is 17.2 Å². The SMILES string of the molecule is CC(C)Oc1ccccc1OCCCCOc1cccc2cccnc12. The molecule has 0 radical (unpaired) electrons. The highest BCUT2D eigenvalue weighted by Crippen LogP contribution is 2.27. The van der Waals surface area contributed by atoms with Crippen LogP contribution in [0.2, 0.25) is 0 Å². The van der Waals surface area contributed by atoms with Gasteiger partial charge in [0.1, 0.15) is 11.3 Å². The molecule has 0 saturated carbocycles. The van der Waals surface area contributed by atoms with E-state index in [0.29, 0.717) is 13.2 Å². The first kappa shape index (κ1) is 18.1. The number of pyridine rings is 1. The number of hydrogen-bond acceptors (Lipinski definition) is 4. The van der Waals surface area contributed by atoms with E-state index in [-0.39, 0.29) is 6.10 Å². The zero-order valence-corrected chi connectivity index (χ0v) is 15.4. The molecular formula is C22H25NO3. The largest absolute Gasteiger partial charge is 0.491 e. The number of benzene rings is 2. The summed E-state index contributed by atoms with van der Waals surface area (Å²) in [5.74, 6) is 2.42. The maximum Gasteiger partial charge on any atom is 0.161 e. The topological polar surface area (TPSA) is 40.6 Å². The quantitative estimate of drug-likeness (QED) is 0.493. The van der Waals surface area contributed by atoms with Gasteiger partial charge in [0.25, 0.3) is 0 Å². The van der Waals surface area contributed by atoms with Gasteiger partial charge in [0.05, 0.1) is 19.3 Å². The minimum Gasteiger partial charge on any atom is -0.491 e. The molecule has 0 atom stereocenters. The lowest BCUT2D eigenvalue weighted by Gasteiger charge is -2.14. The van der Waals surface area contributed by atoms with Crippen LogP contribution < -0.4 is 14.2 Å². The molecule has 3 aromatic rings. The van der Waals surface area contributed by atoms with Gasteiger partial charge in [-0.15, -0.1) is 0 Å². The molecule has 1 heterocycles. The molecule has 4 nitrogen and oxygen atoms in total. The highest BCUT2D eigenvalue weighted by molar-refractivity contribution is 5.84. The van der Waals surface area contributed by atoms with Gasteiger partial charge in [0.15, 0.2) is 11.5 Å². The number of nitrogens with zero attached hydrogens (tertiary/aromatic N) is 1. The summed E-state index contributed by atoms with van der Waals surface area (Å²) in [6.07, 6.45) is 3.74. The second-order valence-electron chi connectivity index (χ2n) is 6.35. The Morgan fingerprint density at radius 3 is 2.19 bits per heavy atom. The number of para-hydroxylation sites is 3. The van der Waals surface area contributed by atoms with Crippen molar-refractivity contribution in [3.05, 3.63) is 60.8 Å². The number of hydrogen-bond donors (Lipinski definition) is 0. The van der Waals surface area contributed by atoms with E-state index < -0.39 is 0 Å². The third kappa shape index (κ3) is 4.88. The molecule has 0 fully saturated rings. The van der Waals surface area contributed by atoms with Crippen LogP contribution in [0.3, 0.4) is 0 Å². The molecule has 136 valence electrons. The maximum absolute atomic E-state index is 5.91. The Bertz CT molecular complexity index is 827. The van der Waals surface area contributed by atoms with Crippen LogP contribution in [0, 0.1) is 0 Å². The standard InChI is InChI=1S/C22H25NO3/c1-17(2)26-20-12-4-3-11-19(20)24-15-5-6-16-25-21-13-7-9-18-10-8-14-23-22(18)21/h3-4,7-14,17H,5-6,15-16H2,1-2H3. The van der Waals surface area contributed by atoms with Gasteiger partial charge in [-0.25, -0.2) is 0 Å². The highest BCUT2D eigenvalue weighted by atomic mass is 16.5. The Morgan fingerprint density at radius 1 is 0.769 bits per heavy atom. The third-order valence-electron chi connectivity index (χ3n) is 3.86. The van der Waals surface area contributed by atoms with E-state index in [2.05, 4.69) is 4.98 Å². The molecule has 0 amide bonds. The first-order valence-electron chi connectivity index (χ1n) is 9.09. The van der Waals surface area contributed by atoms with Crippen molar-refractivity contribution in [2.75, 3.05) is 13.2 Å². The number of rotatable bonds is 9. The van der Waals surface area contributed by atoms with Gasteiger partial charge in [-0.3, -0.25) is 4.98 Å². The van der Waals surface area contributed by atoms with E-state index in [0.717, 1.165) is 41.0 Å². The van der Waals surface area contributed by atoms with Crippen molar-refractivity contribution >= 4 is 10.9 Å². The summed E-state index contributed by atoms with van der Waals surface area (Å²) in [7, 11) is 0. The van der Waals surface area contributed by atoms with Crippen LogP contribution in [-0.2, 0) is 0 Å². The summed E-state index contributed by atoms with van der Waals surface area (Å²) in [4.78, 5) is 4.41. The van der Waals surface area contributed by atoms with Gasteiger partial charge in [-0.2, -0.15) is 0 Å². The van der Waals surface area contributed by atoms with Gasteiger partial charge in [-0.05, 0) is 51.0 Å². The Kier molecular flexibility index (Phi) is 6.31. The fraction of sp³-hybridized carbons (Fsp3) is 0.318. The minimum atomic E-state index is 0.127. The van der Waals surface area contributed by atoms with Crippen LogP contribution in [0.15, 0.2) is 60.8 Å². The molecule has 0 aliphatic carbocycles. The zero-order chi connectivity index (χ0) is 18.2. The summed E-state index contributed by atoms with van der Waals surface area (Å²) >= 11 is 0. The highest BCUT2D eigenvalue weighted by Gasteiger charge is 2.06. The fourth-order valence-electron chi connectivity index (χ4n) is 2.68. The summed E-state index contributed by atoms with van der Waals surface area (Å²) in [6, 6.07) is 17.8. The van der Waals surface area contributed by atoms with E-state index in [1.165, 1.54) is 0 Å². The Balaban J connectivity index is 1.44. The van der Waals surface area contributed by atoms with Gasteiger partial charge < -0.3 is 14.2 Å². The lowest BCUT2D eigenvalue weighted by Crippen LogP contribution is -2.08. The van der Waals surface area contributed by atoms with Gasteiger partial charge >= 0.3 is 0 Å². The van der Waals surface area contributed by atoms with Crippen molar-refractivity contribution in [2.45, 2.75) is 32.8 Å². The van der Waals surface area contributed by atoms with Crippen LogP contribution in [0.5, 0.6) is 17.2 Å². The minimum absolute atomic E-state index is 0.127. The molecule has 0 saturated heterocycles. The van der Waals surface area contributed by atoms with Gasteiger partial charge in [-0.1, -0.05) is 30.3 Å². The molecular weight excluding hydrogens is 326 g/mol. The van der Waals surface area contributed by atoms with E-state index in [9.17, 15) is 0 Å². The van der Waals surface area contributed by atoms with Crippen molar-refractivity contribution < 1.29 is 14.2 Å². The average Bonchev–Trinajstić information content (AvgIpc) is 2.65. The molecule has 0 aliphatic heterocycles. The van der Waals surface area contributed by atoms with Crippen molar-refractivity contribution in [3.63, 3.8) is 0 Å². The first-order chi connectivity index (χ1) is 12.7. The molecule has 0 bridgehead atoms.